The average molecular weight is 612 g/mol. The summed E-state index contributed by atoms with van der Waals surface area (Å²) >= 11 is 0. The van der Waals surface area contributed by atoms with Crippen LogP contribution in [0.3, 0.4) is 0 Å². The van der Waals surface area contributed by atoms with E-state index in [-0.39, 0.29) is 12.2 Å². The lowest BCUT2D eigenvalue weighted by Crippen LogP contribution is -2.40. The molecule has 0 atom stereocenters. The van der Waals surface area contributed by atoms with Gasteiger partial charge in [0.15, 0.2) is 5.82 Å². The zero-order valence-corrected chi connectivity index (χ0v) is 27.3. The van der Waals surface area contributed by atoms with Gasteiger partial charge in [-0.1, -0.05) is 114 Å². The second kappa shape index (κ2) is 14.8. The van der Waals surface area contributed by atoms with Gasteiger partial charge >= 0.3 is 0 Å². The van der Waals surface area contributed by atoms with Gasteiger partial charge in [-0.15, -0.1) is 5.10 Å². The van der Waals surface area contributed by atoms with Crippen molar-refractivity contribution in [2.45, 2.75) is 129 Å². The molecule has 2 aromatic carbocycles. The van der Waals surface area contributed by atoms with Crippen LogP contribution in [0.25, 0.3) is 22.5 Å². The zero-order chi connectivity index (χ0) is 31.1. The van der Waals surface area contributed by atoms with Gasteiger partial charge in [-0.05, 0) is 65.6 Å². The largest absolute Gasteiger partial charge is 0.340 e. The van der Waals surface area contributed by atoms with E-state index in [0.29, 0.717) is 24.0 Å². The number of benzene rings is 2. The highest BCUT2D eigenvalue weighted by Gasteiger charge is 2.40. The van der Waals surface area contributed by atoms with Gasteiger partial charge in [-0.3, -0.25) is 0 Å². The summed E-state index contributed by atoms with van der Waals surface area (Å²) in [6.07, 6.45) is 15.0. The molecule has 0 spiro atoms. The summed E-state index contributed by atoms with van der Waals surface area (Å²) in [5.41, 5.74) is 4.35. The van der Waals surface area contributed by atoms with Gasteiger partial charge in [0.2, 0.25) is 11.6 Å². The number of aromatic nitrogens is 7. The van der Waals surface area contributed by atoms with Crippen LogP contribution < -0.4 is 0 Å². The Balaban J connectivity index is 1.29. The molecule has 4 aromatic rings. The van der Waals surface area contributed by atoms with Crippen LogP contribution in [0.2, 0.25) is 0 Å². The molecule has 0 aliphatic heterocycles. The summed E-state index contributed by atoms with van der Waals surface area (Å²) < 4.78 is 15.9. The summed E-state index contributed by atoms with van der Waals surface area (Å²) in [5, 5.41) is 19.7. The summed E-state index contributed by atoms with van der Waals surface area (Å²) in [5.74, 6) is 1.87. The molecule has 2 heterocycles. The van der Waals surface area contributed by atoms with Crippen molar-refractivity contribution in [3.63, 3.8) is 0 Å². The van der Waals surface area contributed by atoms with Crippen LogP contribution in [0, 0.1) is 5.92 Å². The Morgan fingerprint density at radius 2 is 1.47 bits per heavy atom. The molecule has 2 fully saturated rings. The smallest absolute Gasteiger partial charge is 0.229 e. The predicted molar refractivity (Wildman–Crippen MR) is 175 cm³/mol. The zero-order valence-electron chi connectivity index (χ0n) is 27.3. The van der Waals surface area contributed by atoms with Gasteiger partial charge < -0.3 is 9.47 Å². The minimum absolute atomic E-state index is 0.185. The van der Waals surface area contributed by atoms with Crippen molar-refractivity contribution in [1.82, 2.24) is 35.4 Å². The molecule has 6 rings (SSSR count). The van der Waals surface area contributed by atoms with Gasteiger partial charge in [0.25, 0.3) is 0 Å². The van der Waals surface area contributed by atoms with Crippen molar-refractivity contribution >= 4 is 0 Å². The third-order valence-corrected chi connectivity index (χ3v) is 9.78. The number of H-pyrrole nitrogens is 1. The van der Waals surface area contributed by atoms with E-state index in [1.807, 2.05) is 18.2 Å². The number of nitrogens with zero attached hydrogens (tertiary/aromatic N) is 6. The Labute approximate surface area is 267 Å². The van der Waals surface area contributed by atoms with E-state index in [9.17, 15) is 0 Å². The lowest BCUT2D eigenvalue weighted by molar-refractivity contribution is -0.288. The molecule has 0 bridgehead atoms. The SMILES string of the molecule is CCC(CC)Cn1nc(C(C)(OC2CCCCC2)OC2CCCCC2)nc1Cc1ccc(-c2ccccc2-c2nnn[nH]2)cc1. The van der Waals surface area contributed by atoms with Crippen molar-refractivity contribution < 1.29 is 9.47 Å². The molecule has 45 heavy (non-hydrogen) atoms. The minimum Gasteiger partial charge on any atom is -0.340 e. The number of rotatable bonds is 13. The average Bonchev–Trinajstić information content (AvgIpc) is 3.76. The maximum atomic E-state index is 6.87. The van der Waals surface area contributed by atoms with Gasteiger partial charge in [0, 0.05) is 18.5 Å². The van der Waals surface area contributed by atoms with Gasteiger partial charge in [-0.2, -0.15) is 5.10 Å². The Morgan fingerprint density at radius 1 is 0.844 bits per heavy atom. The van der Waals surface area contributed by atoms with Crippen LogP contribution in [0.4, 0.5) is 0 Å². The third-order valence-electron chi connectivity index (χ3n) is 9.78. The molecule has 0 saturated heterocycles. The summed E-state index contributed by atoms with van der Waals surface area (Å²) in [6.45, 7) is 7.45. The third kappa shape index (κ3) is 7.69. The van der Waals surface area contributed by atoms with Crippen molar-refractivity contribution in [3.05, 3.63) is 65.7 Å². The van der Waals surface area contributed by atoms with E-state index < -0.39 is 5.79 Å². The van der Waals surface area contributed by atoms with Gasteiger partial charge in [0.05, 0.1) is 12.2 Å². The fraction of sp³-hybridized carbons (Fsp3) is 0.583. The summed E-state index contributed by atoms with van der Waals surface area (Å²) in [4.78, 5) is 5.23. The highest BCUT2D eigenvalue weighted by molar-refractivity contribution is 5.80. The lowest BCUT2D eigenvalue weighted by atomic mass is 9.96. The van der Waals surface area contributed by atoms with E-state index in [1.54, 1.807) is 0 Å². The standard InChI is InChI=1S/C36H49N7O2/c1-4-26(5-2)25-43-33(24-27-20-22-28(23-21-27)31-18-12-13-19-32(31)34-38-41-42-39-34)37-35(40-43)36(3,44-29-14-8-6-9-15-29)45-30-16-10-7-11-17-30/h12-13,18-23,26,29-30H,4-11,14-17,24-25H2,1-3H3,(H,38,39,41,42). The first-order chi connectivity index (χ1) is 22.0. The monoisotopic (exact) mass is 611 g/mol. The summed E-state index contributed by atoms with van der Waals surface area (Å²) in [6, 6.07) is 16.9. The molecule has 1 N–H and O–H groups in total. The molecule has 9 heteroatoms. The lowest BCUT2D eigenvalue weighted by Gasteiger charge is -2.37. The Kier molecular flexibility index (Phi) is 10.4. The number of hydrogen-bond acceptors (Lipinski definition) is 7. The van der Waals surface area contributed by atoms with Crippen LogP contribution in [0.1, 0.15) is 115 Å². The number of ether oxygens (including phenoxy) is 2. The fourth-order valence-corrected chi connectivity index (χ4v) is 6.97. The highest BCUT2D eigenvalue weighted by atomic mass is 16.7. The second-order valence-electron chi connectivity index (χ2n) is 13.1. The highest BCUT2D eigenvalue weighted by Crippen LogP contribution is 2.36. The Bertz CT molecular complexity index is 1450. The first-order valence-corrected chi connectivity index (χ1v) is 17.3. The van der Waals surface area contributed by atoms with Crippen LogP contribution >= 0.6 is 0 Å². The van der Waals surface area contributed by atoms with E-state index in [0.717, 1.165) is 67.6 Å². The maximum Gasteiger partial charge on any atom is 0.229 e. The number of aromatic amines is 1. The van der Waals surface area contributed by atoms with Crippen molar-refractivity contribution in [1.29, 1.82) is 0 Å². The van der Waals surface area contributed by atoms with Gasteiger partial charge in [0.1, 0.15) is 5.82 Å². The predicted octanol–water partition coefficient (Wildman–Crippen LogP) is 8.02. The first kappa shape index (κ1) is 31.5. The quantitative estimate of drug-likeness (QED) is 0.153. The number of nitrogens with one attached hydrogen (secondary N) is 1. The van der Waals surface area contributed by atoms with Crippen LogP contribution in [-0.4, -0.2) is 47.6 Å². The topological polar surface area (TPSA) is 104 Å². The van der Waals surface area contributed by atoms with Crippen molar-refractivity contribution in [2.24, 2.45) is 5.92 Å². The molecular weight excluding hydrogens is 562 g/mol. The van der Waals surface area contributed by atoms with E-state index in [4.69, 9.17) is 19.6 Å². The Morgan fingerprint density at radius 3 is 2.04 bits per heavy atom. The summed E-state index contributed by atoms with van der Waals surface area (Å²) in [7, 11) is 0. The van der Waals surface area contributed by atoms with E-state index >= 15 is 0 Å². The minimum atomic E-state index is -0.957. The molecule has 0 radical (unpaired) electrons. The van der Waals surface area contributed by atoms with E-state index in [1.165, 1.54) is 44.1 Å². The van der Waals surface area contributed by atoms with Crippen molar-refractivity contribution in [3.8, 4) is 22.5 Å². The first-order valence-electron chi connectivity index (χ1n) is 17.3. The second-order valence-corrected chi connectivity index (χ2v) is 13.1. The molecule has 9 nitrogen and oxygen atoms in total. The maximum absolute atomic E-state index is 6.87. The van der Waals surface area contributed by atoms with Crippen LogP contribution in [0.5, 0.6) is 0 Å². The van der Waals surface area contributed by atoms with E-state index in [2.05, 4.69) is 76.4 Å². The fourth-order valence-electron chi connectivity index (χ4n) is 6.97. The molecule has 2 aliphatic carbocycles. The number of hydrogen-bond donors (Lipinski definition) is 1. The molecular formula is C36H49N7O2. The van der Waals surface area contributed by atoms with Gasteiger partial charge in [-0.25, -0.2) is 14.8 Å². The molecule has 2 aromatic heterocycles. The Hall–Kier alpha value is -3.43. The molecule has 2 saturated carbocycles. The molecule has 2 aliphatic rings. The normalized spacial score (nSPS) is 16.9. The number of tetrazole rings is 1. The molecule has 0 amide bonds. The molecule has 240 valence electrons. The van der Waals surface area contributed by atoms with Crippen LogP contribution in [0.15, 0.2) is 48.5 Å². The van der Waals surface area contributed by atoms with Crippen LogP contribution in [-0.2, 0) is 28.2 Å². The molecule has 0 unspecified atom stereocenters. The van der Waals surface area contributed by atoms with Crippen molar-refractivity contribution in [2.75, 3.05) is 0 Å².